The van der Waals surface area contributed by atoms with Crippen molar-refractivity contribution in [3.8, 4) is 0 Å². The molecule has 31 heavy (non-hydrogen) atoms. The number of carbonyl (C=O) groups is 1. The normalized spacial score (nSPS) is 12.9. The summed E-state index contributed by atoms with van der Waals surface area (Å²) in [6.07, 6.45) is 0. The number of sulfonamides is 1. The average molecular weight is 466 g/mol. The molecule has 0 bridgehead atoms. The minimum atomic E-state index is -3.64. The fourth-order valence-electron chi connectivity index (χ4n) is 2.90. The van der Waals surface area contributed by atoms with Crippen molar-refractivity contribution in [3.05, 3.63) is 58.6 Å². The summed E-state index contributed by atoms with van der Waals surface area (Å²) in [6.45, 7) is 4.42. The van der Waals surface area contributed by atoms with E-state index in [4.69, 9.17) is 4.74 Å². The van der Waals surface area contributed by atoms with Crippen molar-refractivity contribution in [2.45, 2.75) is 31.3 Å². The molecule has 2 aromatic carbocycles. The maximum absolute atomic E-state index is 13.6. The Morgan fingerprint density at radius 1 is 1.23 bits per heavy atom. The number of benzene rings is 2. The van der Waals surface area contributed by atoms with Gasteiger partial charge in [0.15, 0.2) is 4.80 Å². The summed E-state index contributed by atoms with van der Waals surface area (Å²) < 4.78 is 47.7. The van der Waals surface area contributed by atoms with Gasteiger partial charge in [-0.25, -0.2) is 12.8 Å². The molecule has 0 N–H and O–H groups in total. The molecule has 0 saturated carbocycles. The number of aromatic nitrogens is 1. The minimum absolute atomic E-state index is 0.104. The van der Waals surface area contributed by atoms with E-state index in [1.165, 1.54) is 59.1 Å². The molecule has 0 unspecified atom stereocenters. The van der Waals surface area contributed by atoms with Crippen molar-refractivity contribution >= 4 is 37.5 Å². The molecular weight excluding hydrogens is 441 g/mol. The molecule has 1 amide bonds. The summed E-state index contributed by atoms with van der Waals surface area (Å²) in [5, 5.41) is 0. The Labute approximate surface area is 184 Å². The number of carbonyl (C=O) groups excluding carboxylic acids is 1. The number of ether oxygens (including phenoxy) is 1. The Bertz CT molecular complexity index is 1260. The lowest BCUT2D eigenvalue weighted by molar-refractivity contribution is 0.0997. The molecule has 3 rings (SSSR count). The molecular formula is C21H24FN3O4S2. The molecule has 0 spiro atoms. The molecule has 0 saturated heterocycles. The van der Waals surface area contributed by atoms with E-state index in [0.717, 1.165) is 5.52 Å². The highest BCUT2D eigenvalue weighted by molar-refractivity contribution is 7.89. The lowest BCUT2D eigenvalue weighted by Crippen LogP contribution is -2.33. The summed E-state index contributed by atoms with van der Waals surface area (Å²) in [7, 11) is -0.554. The van der Waals surface area contributed by atoms with Gasteiger partial charge in [-0.1, -0.05) is 11.3 Å². The number of methoxy groups -OCH3 is 1. The third kappa shape index (κ3) is 4.93. The molecule has 1 aromatic heterocycles. The van der Waals surface area contributed by atoms with E-state index in [1.807, 2.05) is 0 Å². The van der Waals surface area contributed by atoms with Crippen molar-refractivity contribution in [2.24, 2.45) is 4.99 Å². The van der Waals surface area contributed by atoms with Crippen LogP contribution in [-0.4, -0.2) is 50.0 Å². The number of hydrogen-bond donors (Lipinski definition) is 0. The van der Waals surface area contributed by atoms with Crippen LogP contribution in [0.2, 0.25) is 0 Å². The topological polar surface area (TPSA) is 81.0 Å². The van der Waals surface area contributed by atoms with Gasteiger partial charge in [-0.15, -0.1) is 0 Å². The molecule has 3 aromatic rings. The molecule has 0 aliphatic heterocycles. The smallest absolute Gasteiger partial charge is 0.279 e. The van der Waals surface area contributed by atoms with Crippen LogP contribution in [0.3, 0.4) is 0 Å². The van der Waals surface area contributed by atoms with Crippen molar-refractivity contribution in [1.82, 2.24) is 8.87 Å². The van der Waals surface area contributed by atoms with E-state index in [1.54, 1.807) is 31.6 Å². The van der Waals surface area contributed by atoms with Gasteiger partial charge in [0.25, 0.3) is 5.91 Å². The van der Waals surface area contributed by atoms with E-state index >= 15 is 0 Å². The lowest BCUT2D eigenvalue weighted by atomic mass is 10.2. The number of halogens is 1. The Hall–Kier alpha value is -2.40. The van der Waals surface area contributed by atoms with E-state index in [-0.39, 0.29) is 22.3 Å². The van der Waals surface area contributed by atoms with Gasteiger partial charge < -0.3 is 9.30 Å². The van der Waals surface area contributed by atoms with E-state index in [0.29, 0.717) is 22.7 Å². The first kappa shape index (κ1) is 23.3. The molecule has 7 nitrogen and oxygen atoms in total. The van der Waals surface area contributed by atoms with Crippen LogP contribution in [0, 0.1) is 5.82 Å². The monoisotopic (exact) mass is 465 g/mol. The third-order valence-corrected chi connectivity index (χ3v) is 7.96. The standard InChI is InChI=1S/C21H24FN3O4S2/c1-14(2)24(3)31(27,28)17-8-5-15(6-9-17)20(26)23-21-25(11-12-29-4)18-10-7-16(22)13-19(18)30-21/h5-10,13-14H,11-12H2,1-4H3. The number of fused-ring (bicyclic) bond motifs is 1. The van der Waals surface area contributed by atoms with Crippen LogP contribution >= 0.6 is 11.3 Å². The average Bonchev–Trinajstić information content (AvgIpc) is 3.07. The number of nitrogens with zero attached hydrogens (tertiary/aromatic N) is 3. The molecule has 0 fully saturated rings. The first-order valence-corrected chi connectivity index (χ1v) is 11.9. The largest absolute Gasteiger partial charge is 0.383 e. The number of thiazole rings is 1. The van der Waals surface area contributed by atoms with Crippen LogP contribution in [-0.2, 0) is 21.3 Å². The first-order valence-electron chi connectivity index (χ1n) is 9.60. The summed E-state index contributed by atoms with van der Waals surface area (Å²) in [5.41, 5.74) is 1.02. The highest BCUT2D eigenvalue weighted by Gasteiger charge is 2.23. The fourth-order valence-corrected chi connectivity index (χ4v) is 5.34. The zero-order valence-corrected chi connectivity index (χ0v) is 19.3. The van der Waals surface area contributed by atoms with Crippen molar-refractivity contribution in [2.75, 3.05) is 20.8 Å². The summed E-state index contributed by atoms with van der Waals surface area (Å²) >= 11 is 1.20. The fraction of sp³-hybridized carbons (Fsp3) is 0.333. The van der Waals surface area contributed by atoms with Gasteiger partial charge in [-0.3, -0.25) is 4.79 Å². The Morgan fingerprint density at radius 3 is 2.52 bits per heavy atom. The minimum Gasteiger partial charge on any atom is -0.383 e. The van der Waals surface area contributed by atoms with Crippen molar-refractivity contribution < 1.29 is 22.3 Å². The number of hydrogen-bond acceptors (Lipinski definition) is 5. The quantitative estimate of drug-likeness (QED) is 0.536. The SMILES string of the molecule is COCCn1c(=NC(=O)c2ccc(S(=O)(=O)N(C)C(C)C)cc2)sc2cc(F)ccc21. The lowest BCUT2D eigenvalue weighted by Gasteiger charge is -2.20. The Kier molecular flexibility index (Phi) is 7.05. The van der Waals surface area contributed by atoms with E-state index < -0.39 is 15.9 Å². The maximum atomic E-state index is 13.6. The zero-order chi connectivity index (χ0) is 22.8. The van der Waals surface area contributed by atoms with Gasteiger partial charge in [-0.05, 0) is 56.3 Å². The van der Waals surface area contributed by atoms with Crippen LogP contribution in [0.4, 0.5) is 4.39 Å². The second-order valence-electron chi connectivity index (χ2n) is 7.20. The van der Waals surface area contributed by atoms with Gasteiger partial charge in [-0.2, -0.15) is 9.30 Å². The Morgan fingerprint density at radius 2 is 1.90 bits per heavy atom. The van der Waals surface area contributed by atoms with E-state index in [2.05, 4.69) is 4.99 Å². The van der Waals surface area contributed by atoms with Gasteiger partial charge in [0.05, 0.1) is 21.7 Å². The number of rotatable bonds is 7. The van der Waals surface area contributed by atoms with Gasteiger partial charge in [0, 0.05) is 32.3 Å². The second kappa shape index (κ2) is 9.39. The predicted octanol–water partition coefficient (Wildman–Crippen LogP) is 3.26. The molecule has 166 valence electrons. The van der Waals surface area contributed by atoms with Crippen molar-refractivity contribution in [1.29, 1.82) is 0 Å². The molecule has 0 aliphatic carbocycles. The summed E-state index contributed by atoms with van der Waals surface area (Å²) in [6, 6.07) is 9.90. The van der Waals surface area contributed by atoms with Gasteiger partial charge in [0.2, 0.25) is 10.0 Å². The maximum Gasteiger partial charge on any atom is 0.279 e. The van der Waals surface area contributed by atoms with Gasteiger partial charge >= 0.3 is 0 Å². The molecule has 10 heteroatoms. The van der Waals surface area contributed by atoms with E-state index in [9.17, 15) is 17.6 Å². The zero-order valence-electron chi connectivity index (χ0n) is 17.7. The molecule has 1 heterocycles. The first-order chi connectivity index (χ1) is 14.6. The molecule has 0 atom stereocenters. The Balaban J connectivity index is 1.98. The van der Waals surface area contributed by atoms with Crippen LogP contribution in [0.15, 0.2) is 52.4 Å². The van der Waals surface area contributed by atoms with Crippen LogP contribution in [0.5, 0.6) is 0 Å². The highest BCUT2D eigenvalue weighted by Crippen LogP contribution is 2.20. The summed E-state index contributed by atoms with van der Waals surface area (Å²) in [5.74, 6) is -0.881. The molecule has 0 radical (unpaired) electrons. The molecule has 0 aliphatic rings. The van der Waals surface area contributed by atoms with Crippen LogP contribution < -0.4 is 4.80 Å². The van der Waals surface area contributed by atoms with Crippen LogP contribution in [0.25, 0.3) is 10.2 Å². The highest BCUT2D eigenvalue weighted by atomic mass is 32.2. The van der Waals surface area contributed by atoms with Gasteiger partial charge in [0.1, 0.15) is 5.82 Å². The summed E-state index contributed by atoms with van der Waals surface area (Å²) in [4.78, 5) is 17.5. The van der Waals surface area contributed by atoms with Crippen molar-refractivity contribution in [3.63, 3.8) is 0 Å². The third-order valence-electron chi connectivity index (χ3n) is 4.87. The van der Waals surface area contributed by atoms with Crippen LogP contribution in [0.1, 0.15) is 24.2 Å². The number of amides is 1. The second-order valence-corrected chi connectivity index (χ2v) is 10.2. The predicted molar refractivity (Wildman–Crippen MR) is 118 cm³/mol.